The summed E-state index contributed by atoms with van der Waals surface area (Å²) >= 11 is 18.9. The van der Waals surface area contributed by atoms with Crippen molar-refractivity contribution in [1.82, 2.24) is 5.32 Å². The molecule has 0 radical (unpaired) electrons. The summed E-state index contributed by atoms with van der Waals surface area (Å²) in [5, 5.41) is 7.74. The summed E-state index contributed by atoms with van der Waals surface area (Å²) in [6.07, 6.45) is 0. The summed E-state index contributed by atoms with van der Waals surface area (Å²) in [6, 6.07) is 19.4. The van der Waals surface area contributed by atoms with Crippen LogP contribution in [0.5, 0.6) is 0 Å². The Morgan fingerprint density at radius 2 is 1.44 bits per heavy atom. The molecular formula is C25H19Cl3N2O2. The van der Waals surface area contributed by atoms with Gasteiger partial charge in [-0.05, 0) is 53.1 Å². The minimum Gasteiger partial charge on any atom is -0.348 e. The fourth-order valence-corrected chi connectivity index (χ4v) is 5.89. The molecule has 2 amide bonds. The Labute approximate surface area is 200 Å². The maximum absolute atomic E-state index is 13.9. The molecule has 3 aromatic carbocycles. The van der Waals surface area contributed by atoms with Crippen LogP contribution in [-0.2, 0) is 15.0 Å². The van der Waals surface area contributed by atoms with Crippen LogP contribution in [0.2, 0.25) is 15.1 Å². The molecule has 7 heteroatoms. The Balaban J connectivity index is 1.84. The number of fused-ring (bicyclic) bond motifs is 2. The summed E-state index contributed by atoms with van der Waals surface area (Å²) < 4.78 is 0. The topological polar surface area (TPSA) is 58.2 Å². The molecule has 4 nitrogen and oxygen atoms in total. The maximum atomic E-state index is 13.9. The molecule has 2 N–H and O–H groups in total. The van der Waals surface area contributed by atoms with E-state index in [1.54, 1.807) is 30.3 Å². The van der Waals surface area contributed by atoms with E-state index < -0.39 is 23.3 Å². The van der Waals surface area contributed by atoms with Crippen molar-refractivity contribution in [3.8, 4) is 0 Å². The van der Waals surface area contributed by atoms with Crippen LogP contribution in [0, 0.1) is 5.92 Å². The predicted molar refractivity (Wildman–Crippen MR) is 127 cm³/mol. The largest absolute Gasteiger partial charge is 0.348 e. The van der Waals surface area contributed by atoms with E-state index in [1.165, 1.54) is 0 Å². The van der Waals surface area contributed by atoms with Gasteiger partial charge in [0.2, 0.25) is 11.8 Å². The highest BCUT2D eigenvalue weighted by molar-refractivity contribution is 6.31. The molecule has 0 bridgehead atoms. The normalized spacial score (nSPS) is 26.6. The fourth-order valence-electron chi connectivity index (χ4n) is 5.32. The second-order valence-corrected chi connectivity index (χ2v) is 9.64. The van der Waals surface area contributed by atoms with Gasteiger partial charge in [0, 0.05) is 32.6 Å². The Kier molecular flexibility index (Phi) is 5.20. The van der Waals surface area contributed by atoms with Gasteiger partial charge in [0.15, 0.2) is 0 Å². The molecule has 0 aliphatic carbocycles. The first-order chi connectivity index (χ1) is 15.3. The predicted octanol–water partition coefficient (Wildman–Crippen LogP) is 6.13. The molecule has 2 aliphatic heterocycles. The van der Waals surface area contributed by atoms with Gasteiger partial charge >= 0.3 is 0 Å². The van der Waals surface area contributed by atoms with Crippen molar-refractivity contribution >= 4 is 52.3 Å². The summed E-state index contributed by atoms with van der Waals surface area (Å²) in [5.74, 6) is -1.30. The van der Waals surface area contributed by atoms with E-state index in [-0.39, 0.29) is 11.8 Å². The van der Waals surface area contributed by atoms with E-state index in [1.807, 2.05) is 43.3 Å². The van der Waals surface area contributed by atoms with E-state index in [9.17, 15) is 9.59 Å². The minimum atomic E-state index is -1.12. The molecule has 0 aromatic heterocycles. The highest BCUT2D eigenvalue weighted by Gasteiger charge is 2.63. The van der Waals surface area contributed by atoms with Gasteiger partial charge in [-0.15, -0.1) is 0 Å². The zero-order valence-electron chi connectivity index (χ0n) is 17.0. The van der Waals surface area contributed by atoms with Gasteiger partial charge in [-0.25, -0.2) is 0 Å². The lowest BCUT2D eigenvalue weighted by Crippen LogP contribution is -2.60. The summed E-state index contributed by atoms with van der Waals surface area (Å²) in [6.45, 7) is 1.85. The summed E-state index contributed by atoms with van der Waals surface area (Å²) in [5.41, 5.74) is 1.88. The van der Waals surface area contributed by atoms with E-state index in [0.717, 1.165) is 16.7 Å². The fraction of sp³-hybridized carbons (Fsp3) is 0.200. The highest BCUT2D eigenvalue weighted by Crippen LogP contribution is 2.59. The Morgan fingerprint density at radius 3 is 2.12 bits per heavy atom. The van der Waals surface area contributed by atoms with Crippen molar-refractivity contribution in [3.63, 3.8) is 0 Å². The first-order valence-corrected chi connectivity index (χ1v) is 11.4. The summed E-state index contributed by atoms with van der Waals surface area (Å²) in [7, 11) is 0. The number of amides is 2. The smallest absolute Gasteiger partial charge is 0.238 e. The van der Waals surface area contributed by atoms with Gasteiger partial charge in [0.25, 0.3) is 0 Å². The molecular weight excluding hydrogens is 467 g/mol. The highest BCUT2D eigenvalue weighted by atomic mass is 35.5. The third kappa shape index (κ3) is 3.13. The average molecular weight is 486 g/mol. The number of piperidine rings is 1. The zero-order valence-corrected chi connectivity index (χ0v) is 19.3. The number of anilines is 1. The molecule has 5 rings (SSSR count). The number of halogens is 3. The number of nitrogens with one attached hydrogen (secondary N) is 2. The number of carbonyl (C=O) groups is 2. The standard InChI is InChI=1S/C25H19Cl3N2O2/c1-13-21(14-4-2-6-16(26)10-14)25(19-9-8-18(28)12-20(19)29-24(25)32)22(30-23(13)31)15-5-3-7-17(27)11-15/h2-13,21-22H,1H3,(H,29,32)(H,30,31). The second-order valence-electron chi connectivity index (χ2n) is 8.33. The van der Waals surface area contributed by atoms with Gasteiger partial charge < -0.3 is 10.6 Å². The molecule has 0 saturated carbocycles. The van der Waals surface area contributed by atoms with E-state index in [4.69, 9.17) is 34.8 Å². The molecule has 2 heterocycles. The first-order valence-electron chi connectivity index (χ1n) is 10.2. The van der Waals surface area contributed by atoms with Crippen LogP contribution in [0.4, 0.5) is 5.69 Å². The molecule has 1 fully saturated rings. The van der Waals surface area contributed by atoms with E-state index in [2.05, 4.69) is 10.6 Å². The van der Waals surface area contributed by atoms with Crippen molar-refractivity contribution in [1.29, 1.82) is 0 Å². The average Bonchev–Trinajstić information content (AvgIpc) is 3.02. The summed E-state index contributed by atoms with van der Waals surface area (Å²) in [4.78, 5) is 27.2. The number of benzene rings is 3. The molecule has 4 unspecified atom stereocenters. The molecule has 32 heavy (non-hydrogen) atoms. The SMILES string of the molecule is CC1C(=O)NC(c2cccc(Cl)c2)C2(C(=O)Nc3cc(Cl)ccc32)C1c1cccc(Cl)c1. The van der Waals surface area contributed by atoms with Crippen molar-refractivity contribution in [2.75, 3.05) is 5.32 Å². The number of carbonyl (C=O) groups excluding carboxylic acids is 2. The van der Waals surface area contributed by atoms with Gasteiger partial charge in [-0.3, -0.25) is 9.59 Å². The van der Waals surface area contributed by atoms with Crippen LogP contribution in [0.25, 0.3) is 0 Å². The molecule has 3 aromatic rings. The van der Waals surface area contributed by atoms with Gasteiger partial charge in [0.1, 0.15) is 5.41 Å². The van der Waals surface area contributed by atoms with Gasteiger partial charge in [0.05, 0.1) is 6.04 Å². The van der Waals surface area contributed by atoms with Crippen LogP contribution in [0.1, 0.15) is 35.6 Å². The Hall–Kier alpha value is -2.53. The van der Waals surface area contributed by atoms with Gasteiger partial charge in [-0.1, -0.05) is 72.1 Å². The van der Waals surface area contributed by atoms with Crippen LogP contribution in [0.15, 0.2) is 66.7 Å². The third-order valence-corrected chi connectivity index (χ3v) is 7.29. The number of rotatable bonds is 2. The monoisotopic (exact) mass is 484 g/mol. The van der Waals surface area contributed by atoms with Crippen molar-refractivity contribution in [3.05, 3.63) is 98.5 Å². The van der Waals surface area contributed by atoms with E-state index >= 15 is 0 Å². The number of hydrogen-bond donors (Lipinski definition) is 2. The molecule has 1 saturated heterocycles. The zero-order chi connectivity index (χ0) is 22.6. The van der Waals surface area contributed by atoms with Gasteiger partial charge in [-0.2, -0.15) is 0 Å². The van der Waals surface area contributed by atoms with Crippen molar-refractivity contribution in [2.24, 2.45) is 5.92 Å². The van der Waals surface area contributed by atoms with Crippen LogP contribution in [0.3, 0.4) is 0 Å². The molecule has 162 valence electrons. The quantitative estimate of drug-likeness (QED) is 0.459. The molecule has 1 spiro atoms. The Bertz CT molecular complexity index is 1260. The number of hydrogen-bond acceptors (Lipinski definition) is 2. The molecule has 2 aliphatic rings. The minimum absolute atomic E-state index is 0.138. The van der Waals surface area contributed by atoms with E-state index in [0.29, 0.717) is 20.8 Å². The van der Waals surface area contributed by atoms with Crippen molar-refractivity contribution < 1.29 is 9.59 Å². The lowest BCUT2D eigenvalue weighted by molar-refractivity contribution is -0.135. The third-order valence-electron chi connectivity index (χ3n) is 6.59. The maximum Gasteiger partial charge on any atom is 0.238 e. The van der Waals surface area contributed by atoms with Crippen LogP contribution >= 0.6 is 34.8 Å². The van der Waals surface area contributed by atoms with Crippen molar-refractivity contribution in [2.45, 2.75) is 24.3 Å². The Morgan fingerprint density at radius 1 is 0.812 bits per heavy atom. The first kappa shape index (κ1) is 21.3. The lowest BCUT2D eigenvalue weighted by atomic mass is 9.56. The van der Waals surface area contributed by atoms with Crippen LogP contribution in [-0.4, -0.2) is 11.8 Å². The van der Waals surface area contributed by atoms with Crippen LogP contribution < -0.4 is 10.6 Å². The molecule has 4 atom stereocenters. The lowest BCUT2D eigenvalue weighted by Gasteiger charge is -2.49. The second kappa shape index (κ2) is 7.80.